The number of anilines is 3. The molecule has 0 aliphatic heterocycles. The molecule has 2 aromatic carbocycles. The lowest BCUT2D eigenvalue weighted by Gasteiger charge is -2.30. The van der Waals surface area contributed by atoms with Gasteiger partial charge in [0.05, 0.1) is 16.8 Å². The molecule has 0 unspecified atom stereocenters. The van der Waals surface area contributed by atoms with Crippen molar-refractivity contribution in [3.05, 3.63) is 70.5 Å². The summed E-state index contributed by atoms with van der Waals surface area (Å²) in [7, 11) is 0. The van der Waals surface area contributed by atoms with E-state index < -0.39 is 23.8 Å². The van der Waals surface area contributed by atoms with Gasteiger partial charge in [0.15, 0.2) is 10.9 Å². The predicted molar refractivity (Wildman–Crippen MR) is 172 cm³/mol. The Bertz CT molecular complexity index is 1440. The first-order valence-electron chi connectivity index (χ1n) is 13.8. The number of carboxylic acid groups (broad SMARTS) is 1. The molecule has 13 heteroatoms. The van der Waals surface area contributed by atoms with E-state index in [1.165, 1.54) is 18.0 Å². The minimum Gasteiger partial charge on any atom is -0.480 e. The molecule has 1 aromatic heterocycles. The number of nitrogens with two attached hydrogens (primary N) is 1. The molecule has 0 bridgehead atoms. The lowest BCUT2D eigenvalue weighted by molar-refractivity contribution is -0.139. The number of nitrogen functional groups attached to an aromatic ring is 1. The van der Waals surface area contributed by atoms with Crippen LogP contribution in [0.2, 0.25) is 5.02 Å². The van der Waals surface area contributed by atoms with Gasteiger partial charge in [-0.25, -0.2) is 14.8 Å². The van der Waals surface area contributed by atoms with E-state index in [9.17, 15) is 19.5 Å². The van der Waals surface area contributed by atoms with Crippen LogP contribution in [0.5, 0.6) is 0 Å². The van der Waals surface area contributed by atoms with Gasteiger partial charge in [0, 0.05) is 48.7 Å². The second kappa shape index (κ2) is 15.6. The van der Waals surface area contributed by atoms with Crippen molar-refractivity contribution < 1.29 is 19.5 Å². The summed E-state index contributed by atoms with van der Waals surface area (Å²) in [6.45, 7) is 9.77. The standard InChI is InChI=1S/C30H38ClN7O4S/c1-17(2)33-12-13-38(18(3)4)21-10-11-24(32)22(15-21)27(39)36-25(29(41)42)14-19-6-8-20(9-7-19)35-28(40)26-23(31)16-34-30(37-26)43-5/h6-11,15-18,25,33H,12-14,32H2,1-5H3,(H,35,40)(H,36,39)(H,41,42)/t25-/m0/s1. The van der Waals surface area contributed by atoms with Crippen molar-refractivity contribution in [2.24, 2.45) is 0 Å². The van der Waals surface area contributed by atoms with Crippen LogP contribution in [0, 0.1) is 0 Å². The molecular weight excluding hydrogens is 590 g/mol. The predicted octanol–water partition coefficient (Wildman–Crippen LogP) is 4.32. The number of rotatable bonds is 14. The summed E-state index contributed by atoms with van der Waals surface area (Å²) in [5.74, 6) is -2.27. The first-order valence-corrected chi connectivity index (χ1v) is 15.4. The monoisotopic (exact) mass is 627 g/mol. The van der Waals surface area contributed by atoms with E-state index in [4.69, 9.17) is 17.3 Å². The maximum absolute atomic E-state index is 13.2. The largest absolute Gasteiger partial charge is 0.480 e. The fourth-order valence-electron chi connectivity index (χ4n) is 4.27. The summed E-state index contributed by atoms with van der Waals surface area (Å²) in [5, 5.41) is 19.1. The highest BCUT2D eigenvalue weighted by Crippen LogP contribution is 2.24. The first-order chi connectivity index (χ1) is 20.4. The Morgan fingerprint density at radius 1 is 1.07 bits per heavy atom. The quantitative estimate of drug-likeness (QED) is 0.0988. The number of carbonyl (C=O) groups excluding carboxylic acids is 2. The maximum atomic E-state index is 13.2. The van der Waals surface area contributed by atoms with E-state index in [1.54, 1.807) is 42.7 Å². The topological polar surface area (TPSA) is 163 Å². The summed E-state index contributed by atoms with van der Waals surface area (Å²) in [5.41, 5.74) is 8.57. The van der Waals surface area contributed by atoms with Gasteiger partial charge in [-0.3, -0.25) is 9.59 Å². The number of aliphatic carboxylic acids is 1. The van der Waals surface area contributed by atoms with Crippen LogP contribution in [0.1, 0.15) is 54.1 Å². The van der Waals surface area contributed by atoms with Crippen LogP contribution < -0.4 is 26.6 Å². The molecule has 0 saturated carbocycles. The molecule has 0 radical (unpaired) electrons. The molecular formula is C30H38ClN7O4S. The van der Waals surface area contributed by atoms with Crippen LogP contribution in [-0.4, -0.2) is 70.3 Å². The molecule has 0 aliphatic carbocycles. The van der Waals surface area contributed by atoms with Gasteiger partial charge in [0.2, 0.25) is 0 Å². The molecule has 6 N–H and O–H groups in total. The van der Waals surface area contributed by atoms with Crippen LogP contribution in [0.25, 0.3) is 0 Å². The molecule has 43 heavy (non-hydrogen) atoms. The summed E-state index contributed by atoms with van der Waals surface area (Å²) < 4.78 is 0. The third kappa shape index (κ3) is 9.57. The van der Waals surface area contributed by atoms with Crippen molar-refractivity contribution in [2.45, 2.75) is 57.4 Å². The number of hydrogen-bond donors (Lipinski definition) is 5. The zero-order valence-corrected chi connectivity index (χ0v) is 26.4. The molecule has 0 fully saturated rings. The van der Waals surface area contributed by atoms with Crippen molar-refractivity contribution >= 4 is 58.2 Å². The molecule has 0 aliphatic rings. The Morgan fingerprint density at radius 2 is 1.77 bits per heavy atom. The maximum Gasteiger partial charge on any atom is 0.326 e. The van der Waals surface area contributed by atoms with Crippen LogP contribution >= 0.6 is 23.4 Å². The Labute approximate surface area is 261 Å². The lowest BCUT2D eigenvalue weighted by Crippen LogP contribution is -2.42. The Hall–Kier alpha value is -3.87. The van der Waals surface area contributed by atoms with Gasteiger partial charge in [-0.2, -0.15) is 0 Å². The highest BCUT2D eigenvalue weighted by molar-refractivity contribution is 7.98. The van der Waals surface area contributed by atoms with E-state index in [0.717, 1.165) is 18.8 Å². The smallest absolute Gasteiger partial charge is 0.326 e. The third-order valence-electron chi connectivity index (χ3n) is 6.52. The fourth-order valence-corrected chi connectivity index (χ4v) is 4.79. The molecule has 0 spiro atoms. The molecule has 11 nitrogen and oxygen atoms in total. The van der Waals surface area contributed by atoms with E-state index in [1.807, 2.05) is 6.07 Å². The van der Waals surface area contributed by atoms with E-state index in [2.05, 4.69) is 58.5 Å². The Morgan fingerprint density at radius 3 is 2.37 bits per heavy atom. The summed E-state index contributed by atoms with van der Waals surface area (Å²) in [4.78, 5) is 48.4. The fraction of sp³-hybridized carbons (Fsp3) is 0.367. The van der Waals surface area contributed by atoms with Crippen LogP contribution in [0.3, 0.4) is 0 Å². The minimum atomic E-state index is -1.21. The van der Waals surface area contributed by atoms with Crippen molar-refractivity contribution in [1.82, 2.24) is 20.6 Å². The zero-order valence-electron chi connectivity index (χ0n) is 24.8. The summed E-state index contributed by atoms with van der Waals surface area (Å²) in [6.07, 6.45) is 3.17. The second-order valence-corrected chi connectivity index (χ2v) is 11.6. The number of carbonyl (C=O) groups is 3. The van der Waals surface area contributed by atoms with Gasteiger partial charge in [-0.15, -0.1) is 0 Å². The van der Waals surface area contributed by atoms with E-state index >= 15 is 0 Å². The number of nitrogens with zero attached hydrogens (tertiary/aromatic N) is 3. The van der Waals surface area contributed by atoms with Crippen LogP contribution in [0.15, 0.2) is 53.8 Å². The number of carboxylic acids is 1. The average molecular weight is 628 g/mol. The van der Waals surface area contributed by atoms with Gasteiger partial charge < -0.3 is 31.7 Å². The molecule has 3 rings (SSSR count). The van der Waals surface area contributed by atoms with Crippen LogP contribution in [-0.2, 0) is 11.2 Å². The normalized spacial score (nSPS) is 11.8. The van der Waals surface area contributed by atoms with Gasteiger partial charge in [0.1, 0.15) is 6.04 Å². The third-order valence-corrected chi connectivity index (χ3v) is 7.35. The van der Waals surface area contributed by atoms with Crippen molar-refractivity contribution in [3.8, 4) is 0 Å². The van der Waals surface area contributed by atoms with Gasteiger partial charge in [0.25, 0.3) is 11.8 Å². The highest BCUT2D eigenvalue weighted by Gasteiger charge is 2.24. The molecule has 1 heterocycles. The zero-order chi connectivity index (χ0) is 31.7. The molecule has 0 saturated heterocycles. The molecule has 230 valence electrons. The Balaban J connectivity index is 1.70. The SMILES string of the molecule is CSc1ncc(Cl)c(C(=O)Nc2ccc(C[C@H](NC(=O)c3cc(N(CCNC(C)C)C(C)C)ccc3N)C(=O)O)cc2)n1. The van der Waals surface area contributed by atoms with Gasteiger partial charge >= 0.3 is 5.97 Å². The minimum absolute atomic E-state index is 0.0166. The lowest BCUT2D eigenvalue weighted by atomic mass is 10.0. The summed E-state index contributed by atoms with van der Waals surface area (Å²) >= 11 is 7.38. The van der Waals surface area contributed by atoms with Gasteiger partial charge in [-0.1, -0.05) is 49.3 Å². The second-order valence-electron chi connectivity index (χ2n) is 10.4. The molecule has 2 amide bonds. The van der Waals surface area contributed by atoms with Crippen molar-refractivity contribution in [3.63, 3.8) is 0 Å². The number of halogens is 1. The number of benzene rings is 2. The van der Waals surface area contributed by atoms with E-state index in [0.29, 0.717) is 22.4 Å². The van der Waals surface area contributed by atoms with Crippen molar-refractivity contribution in [1.29, 1.82) is 0 Å². The summed E-state index contributed by atoms with van der Waals surface area (Å²) in [6, 6.07) is 11.1. The first kappa shape index (κ1) is 33.6. The van der Waals surface area contributed by atoms with Gasteiger partial charge in [-0.05, 0) is 56.0 Å². The van der Waals surface area contributed by atoms with Crippen molar-refractivity contribution in [2.75, 3.05) is 35.3 Å². The number of thioether (sulfide) groups is 1. The Kier molecular flexibility index (Phi) is 12.2. The van der Waals surface area contributed by atoms with Crippen LogP contribution in [0.4, 0.5) is 17.1 Å². The number of aromatic nitrogens is 2. The molecule has 1 atom stereocenters. The van der Waals surface area contributed by atoms with E-state index in [-0.39, 0.29) is 34.4 Å². The number of nitrogens with one attached hydrogen (secondary N) is 3. The molecule has 3 aromatic rings. The number of hydrogen-bond acceptors (Lipinski definition) is 9. The number of amides is 2. The highest BCUT2D eigenvalue weighted by atomic mass is 35.5. The average Bonchev–Trinajstić information content (AvgIpc) is 2.96.